The summed E-state index contributed by atoms with van der Waals surface area (Å²) in [6.45, 7) is 4.24. The molecule has 0 radical (unpaired) electrons. The lowest BCUT2D eigenvalue weighted by atomic mass is 9.97. The van der Waals surface area contributed by atoms with E-state index in [0.717, 1.165) is 43.9 Å². The Morgan fingerprint density at radius 2 is 2.21 bits per heavy atom. The van der Waals surface area contributed by atoms with Gasteiger partial charge in [-0.05, 0) is 32.4 Å². The van der Waals surface area contributed by atoms with Crippen LogP contribution in [0.2, 0.25) is 0 Å². The summed E-state index contributed by atoms with van der Waals surface area (Å²) in [6.07, 6.45) is 4.96. The molecule has 4 nitrogen and oxygen atoms in total. The molecule has 0 spiro atoms. The third-order valence-electron chi connectivity index (χ3n) is 2.69. The molecule has 4 heteroatoms. The van der Waals surface area contributed by atoms with E-state index in [1.54, 1.807) is 6.20 Å². The quantitative estimate of drug-likeness (QED) is 0.756. The van der Waals surface area contributed by atoms with Gasteiger partial charge in [0.2, 0.25) is 0 Å². The van der Waals surface area contributed by atoms with Gasteiger partial charge in [0.15, 0.2) is 5.82 Å². The topological polar surface area (TPSA) is 50.7 Å². The first-order valence-corrected chi connectivity index (χ1v) is 5.29. The molecule has 0 bridgehead atoms. The Balaban J connectivity index is 2.13. The lowest BCUT2D eigenvalue weighted by molar-refractivity contribution is 0.440. The highest BCUT2D eigenvalue weighted by atomic mass is 15.1. The molecule has 0 aromatic carbocycles. The van der Waals surface area contributed by atoms with E-state index in [1.165, 1.54) is 0 Å². The van der Waals surface area contributed by atoms with Crippen LogP contribution < -0.4 is 5.32 Å². The fourth-order valence-corrected chi connectivity index (χ4v) is 1.78. The number of hydrogen-bond donors (Lipinski definition) is 1. The highest BCUT2D eigenvalue weighted by Gasteiger charge is 2.18. The Hall–Kier alpha value is -1.03. The van der Waals surface area contributed by atoms with Crippen molar-refractivity contribution in [1.29, 1.82) is 0 Å². The molecule has 0 amide bonds. The standard InChI is InChI=1S/C10H16N4/c1-2-9-7-12-14-10(13-9)8-3-5-11-6-4-8/h7-8,11H,2-6H2,1H3. The summed E-state index contributed by atoms with van der Waals surface area (Å²) in [4.78, 5) is 4.51. The smallest absolute Gasteiger partial charge is 0.154 e. The summed E-state index contributed by atoms with van der Waals surface area (Å²) >= 11 is 0. The van der Waals surface area contributed by atoms with Crippen LogP contribution in [-0.2, 0) is 6.42 Å². The van der Waals surface area contributed by atoms with Crippen LogP contribution in [-0.4, -0.2) is 28.3 Å². The van der Waals surface area contributed by atoms with Crippen LogP contribution in [0.15, 0.2) is 6.20 Å². The van der Waals surface area contributed by atoms with Crippen molar-refractivity contribution in [2.75, 3.05) is 13.1 Å². The highest BCUT2D eigenvalue weighted by molar-refractivity contribution is 5.01. The molecule has 1 saturated heterocycles. The zero-order valence-corrected chi connectivity index (χ0v) is 8.53. The SMILES string of the molecule is CCc1cnnc(C2CCNCC2)n1. The maximum atomic E-state index is 4.51. The van der Waals surface area contributed by atoms with Gasteiger partial charge in [-0.25, -0.2) is 4.98 Å². The van der Waals surface area contributed by atoms with Crippen LogP contribution in [0.1, 0.15) is 37.2 Å². The summed E-state index contributed by atoms with van der Waals surface area (Å²) in [6, 6.07) is 0. The van der Waals surface area contributed by atoms with E-state index < -0.39 is 0 Å². The lowest BCUT2D eigenvalue weighted by Crippen LogP contribution is -2.27. The molecular weight excluding hydrogens is 176 g/mol. The largest absolute Gasteiger partial charge is 0.317 e. The maximum Gasteiger partial charge on any atom is 0.154 e. The molecule has 2 heterocycles. The van der Waals surface area contributed by atoms with Gasteiger partial charge < -0.3 is 5.32 Å². The highest BCUT2D eigenvalue weighted by Crippen LogP contribution is 2.21. The first-order valence-electron chi connectivity index (χ1n) is 5.29. The molecule has 14 heavy (non-hydrogen) atoms. The second-order valence-corrected chi connectivity index (χ2v) is 3.68. The number of hydrogen-bond acceptors (Lipinski definition) is 4. The van der Waals surface area contributed by atoms with Gasteiger partial charge in [0.1, 0.15) is 0 Å². The number of aromatic nitrogens is 3. The van der Waals surface area contributed by atoms with Crippen LogP contribution in [0.3, 0.4) is 0 Å². The number of rotatable bonds is 2. The first kappa shape index (κ1) is 9.52. The van der Waals surface area contributed by atoms with Crippen LogP contribution in [0.4, 0.5) is 0 Å². The summed E-state index contributed by atoms with van der Waals surface area (Å²) in [5.41, 5.74) is 1.05. The minimum absolute atomic E-state index is 0.509. The molecule has 1 N–H and O–H groups in total. The third-order valence-corrected chi connectivity index (χ3v) is 2.69. The average Bonchev–Trinajstić information content (AvgIpc) is 2.30. The summed E-state index contributed by atoms with van der Waals surface area (Å²) in [5, 5.41) is 11.5. The minimum Gasteiger partial charge on any atom is -0.317 e. The van der Waals surface area contributed by atoms with Crippen molar-refractivity contribution in [1.82, 2.24) is 20.5 Å². The van der Waals surface area contributed by atoms with Crippen molar-refractivity contribution in [3.63, 3.8) is 0 Å². The average molecular weight is 192 g/mol. The number of nitrogens with one attached hydrogen (secondary N) is 1. The predicted octanol–water partition coefficient (Wildman–Crippen LogP) is 0.901. The van der Waals surface area contributed by atoms with Crippen molar-refractivity contribution < 1.29 is 0 Å². The molecule has 1 aromatic rings. The normalized spacial score (nSPS) is 18.4. The van der Waals surface area contributed by atoms with Crippen molar-refractivity contribution in [3.05, 3.63) is 17.7 Å². The van der Waals surface area contributed by atoms with E-state index in [4.69, 9.17) is 0 Å². The molecule has 1 aliphatic rings. The van der Waals surface area contributed by atoms with Gasteiger partial charge in [0.25, 0.3) is 0 Å². The molecule has 0 unspecified atom stereocenters. The molecule has 76 valence electrons. The molecule has 2 rings (SSSR count). The maximum absolute atomic E-state index is 4.51. The van der Waals surface area contributed by atoms with Crippen molar-refractivity contribution >= 4 is 0 Å². The minimum atomic E-state index is 0.509. The second kappa shape index (κ2) is 4.46. The van der Waals surface area contributed by atoms with Gasteiger partial charge >= 0.3 is 0 Å². The Labute approximate surface area is 84.2 Å². The molecule has 1 aromatic heterocycles. The molecule has 0 aliphatic carbocycles. The van der Waals surface area contributed by atoms with Gasteiger partial charge in [-0.2, -0.15) is 5.10 Å². The molecule has 0 saturated carbocycles. The fraction of sp³-hybridized carbons (Fsp3) is 0.700. The molecule has 1 fully saturated rings. The zero-order valence-electron chi connectivity index (χ0n) is 8.53. The molecule has 0 atom stereocenters. The lowest BCUT2D eigenvalue weighted by Gasteiger charge is -2.20. The first-order chi connectivity index (χ1) is 6.90. The van der Waals surface area contributed by atoms with E-state index in [-0.39, 0.29) is 0 Å². The van der Waals surface area contributed by atoms with Gasteiger partial charge in [-0.1, -0.05) is 6.92 Å². The van der Waals surface area contributed by atoms with E-state index in [1.807, 2.05) is 0 Å². The van der Waals surface area contributed by atoms with Crippen LogP contribution >= 0.6 is 0 Å². The van der Waals surface area contributed by atoms with Crippen molar-refractivity contribution in [2.24, 2.45) is 0 Å². The summed E-state index contributed by atoms with van der Waals surface area (Å²) < 4.78 is 0. The van der Waals surface area contributed by atoms with E-state index in [0.29, 0.717) is 5.92 Å². The number of piperidine rings is 1. The van der Waals surface area contributed by atoms with E-state index in [2.05, 4.69) is 27.4 Å². The zero-order chi connectivity index (χ0) is 9.80. The summed E-state index contributed by atoms with van der Waals surface area (Å²) in [7, 11) is 0. The number of aryl methyl sites for hydroxylation is 1. The van der Waals surface area contributed by atoms with Gasteiger partial charge in [0.05, 0.1) is 11.9 Å². The van der Waals surface area contributed by atoms with Gasteiger partial charge in [-0.15, -0.1) is 5.10 Å². The Kier molecular flexibility index (Phi) is 3.03. The van der Waals surface area contributed by atoms with Crippen LogP contribution in [0.25, 0.3) is 0 Å². The van der Waals surface area contributed by atoms with Crippen LogP contribution in [0.5, 0.6) is 0 Å². The van der Waals surface area contributed by atoms with Crippen LogP contribution in [0, 0.1) is 0 Å². The molecular formula is C10H16N4. The Morgan fingerprint density at radius 3 is 2.93 bits per heavy atom. The second-order valence-electron chi connectivity index (χ2n) is 3.68. The summed E-state index contributed by atoms with van der Waals surface area (Å²) in [5.74, 6) is 1.45. The van der Waals surface area contributed by atoms with Gasteiger partial charge in [0, 0.05) is 5.92 Å². The van der Waals surface area contributed by atoms with Gasteiger partial charge in [-0.3, -0.25) is 0 Å². The molecule has 1 aliphatic heterocycles. The monoisotopic (exact) mass is 192 g/mol. The van der Waals surface area contributed by atoms with Crippen molar-refractivity contribution in [2.45, 2.75) is 32.1 Å². The van der Waals surface area contributed by atoms with E-state index in [9.17, 15) is 0 Å². The Morgan fingerprint density at radius 1 is 1.43 bits per heavy atom. The van der Waals surface area contributed by atoms with Crippen molar-refractivity contribution in [3.8, 4) is 0 Å². The third kappa shape index (κ3) is 2.07. The Bertz CT molecular complexity index is 294. The number of nitrogens with zero attached hydrogens (tertiary/aromatic N) is 3. The predicted molar refractivity (Wildman–Crippen MR) is 54.0 cm³/mol. The fourth-order valence-electron chi connectivity index (χ4n) is 1.78. The van der Waals surface area contributed by atoms with E-state index >= 15 is 0 Å².